The molecule has 0 spiro atoms. The van der Waals surface area contributed by atoms with E-state index in [1.807, 2.05) is 19.1 Å². The number of hydrogen-bond donors (Lipinski definition) is 1. The number of rotatable bonds is 9. The molecule has 0 aliphatic carbocycles. The Hall–Kier alpha value is -0.970. The lowest BCUT2D eigenvalue weighted by atomic mass is 10.2. The molecule has 0 aliphatic heterocycles. The standard InChI is InChI=1S/C16H26ClNO3/c1-11(2)18-10-13-8-14(17)16(15(9-13)20-5)21-12(3)6-7-19-4/h8-9,11-12,18H,6-7,10H2,1-5H3. The number of methoxy groups -OCH3 is 2. The molecular weight excluding hydrogens is 290 g/mol. The van der Waals surface area contributed by atoms with Crippen molar-refractivity contribution >= 4 is 11.6 Å². The summed E-state index contributed by atoms with van der Waals surface area (Å²) in [7, 11) is 3.30. The molecule has 120 valence electrons. The van der Waals surface area contributed by atoms with Gasteiger partial charge in [0.2, 0.25) is 0 Å². The van der Waals surface area contributed by atoms with Gasteiger partial charge in [0.15, 0.2) is 11.5 Å². The molecule has 21 heavy (non-hydrogen) atoms. The Bertz CT molecular complexity index is 438. The number of benzene rings is 1. The highest BCUT2D eigenvalue weighted by Gasteiger charge is 2.15. The smallest absolute Gasteiger partial charge is 0.180 e. The Morgan fingerprint density at radius 3 is 2.48 bits per heavy atom. The molecule has 0 heterocycles. The second kappa shape index (κ2) is 9.13. The van der Waals surface area contributed by atoms with E-state index in [1.165, 1.54) is 0 Å². The van der Waals surface area contributed by atoms with Gasteiger partial charge in [0, 0.05) is 32.7 Å². The molecule has 1 unspecified atom stereocenters. The normalized spacial score (nSPS) is 12.5. The van der Waals surface area contributed by atoms with Gasteiger partial charge in [0.05, 0.1) is 18.2 Å². The maximum absolute atomic E-state index is 6.34. The third kappa shape index (κ3) is 6.12. The van der Waals surface area contributed by atoms with Crippen LogP contribution in [0.2, 0.25) is 5.02 Å². The Morgan fingerprint density at radius 2 is 1.90 bits per heavy atom. The average molecular weight is 316 g/mol. The highest BCUT2D eigenvalue weighted by molar-refractivity contribution is 6.32. The summed E-state index contributed by atoms with van der Waals surface area (Å²) < 4.78 is 16.4. The first-order valence-corrected chi connectivity index (χ1v) is 7.61. The molecule has 4 nitrogen and oxygen atoms in total. The molecule has 0 bridgehead atoms. The molecular formula is C16H26ClNO3. The molecule has 0 amide bonds. The fourth-order valence-electron chi connectivity index (χ4n) is 1.86. The van der Waals surface area contributed by atoms with Crippen molar-refractivity contribution in [3.63, 3.8) is 0 Å². The highest BCUT2D eigenvalue weighted by Crippen LogP contribution is 2.37. The molecule has 0 aliphatic rings. The van der Waals surface area contributed by atoms with E-state index in [2.05, 4.69) is 19.2 Å². The highest BCUT2D eigenvalue weighted by atomic mass is 35.5. The molecule has 1 atom stereocenters. The first-order chi connectivity index (χ1) is 9.97. The third-order valence-electron chi connectivity index (χ3n) is 3.05. The van der Waals surface area contributed by atoms with E-state index >= 15 is 0 Å². The van der Waals surface area contributed by atoms with Crippen LogP contribution in [0.1, 0.15) is 32.8 Å². The zero-order valence-electron chi connectivity index (χ0n) is 13.5. The number of nitrogens with one attached hydrogen (secondary N) is 1. The predicted octanol–water partition coefficient (Wildman–Crippen LogP) is 3.65. The summed E-state index contributed by atoms with van der Waals surface area (Å²) in [5, 5.41) is 3.93. The van der Waals surface area contributed by atoms with E-state index in [0.29, 0.717) is 29.2 Å². The van der Waals surface area contributed by atoms with Crippen molar-refractivity contribution in [2.45, 2.75) is 45.9 Å². The van der Waals surface area contributed by atoms with Crippen LogP contribution >= 0.6 is 11.6 Å². The Labute approximate surface area is 132 Å². The Kier molecular flexibility index (Phi) is 7.86. The lowest BCUT2D eigenvalue weighted by Gasteiger charge is -2.19. The van der Waals surface area contributed by atoms with Crippen molar-refractivity contribution in [1.29, 1.82) is 0 Å². The second-order valence-corrected chi connectivity index (χ2v) is 5.76. The molecule has 0 fully saturated rings. The zero-order chi connectivity index (χ0) is 15.8. The summed E-state index contributed by atoms with van der Waals surface area (Å²) in [6.45, 7) is 7.59. The fraction of sp³-hybridized carbons (Fsp3) is 0.625. The quantitative estimate of drug-likeness (QED) is 0.755. The maximum Gasteiger partial charge on any atom is 0.180 e. The molecule has 0 aromatic heterocycles. The summed E-state index contributed by atoms with van der Waals surface area (Å²) in [5.41, 5.74) is 1.07. The predicted molar refractivity (Wildman–Crippen MR) is 86.6 cm³/mol. The van der Waals surface area contributed by atoms with E-state index in [9.17, 15) is 0 Å². The topological polar surface area (TPSA) is 39.7 Å². The van der Waals surface area contributed by atoms with Gasteiger partial charge in [0.25, 0.3) is 0 Å². The van der Waals surface area contributed by atoms with Gasteiger partial charge in [-0.2, -0.15) is 0 Å². The van der Waals surface area contributed by atoms with Crippen LogP contribution in [0.5, 0.6) is 11.5 Å². The second-order valence-electron chi connectivity index (χ2n) is 5.35. The monoisotopic (exact) mass is 315 g/mol. The minimum atomic E-state index is 0.0102. The van der Waals surface area contributed by atoms with E-state index in [-0.39, 0.29) is 6.10 Å². The van der Waals surface area contributed by atoms with Gasteiger partial charge in [-0.15, -0.1) is 0 Å². The lowest BCUT2D eigenvalue weighted by molar-refractivity contribution is 0.133. The van der Waals surface area contributed by atoms with Crippen molar-refractivity contribution < 1.29 is 14.2 Å². The summed E-state index contributed by atoms with van der Waals surface area (Å²) in [6, 6.07) is 4.29. The first kappa shape index (κ1) is 18.1. The summed E-state index contributed by atoms with van der Waals surface area (Å²) in [5.74, 6) is 1.25. The van der Waals surface area contributed by atoms with Gasteiger partial charge in [-0.1, -0.05) is 25.4 Å². The average Bonchev–Trinajstić information content (AvgIpc) is 2.45. The van der Waals surface area contributed by atoms with Crippen molar-refractivity contribution in [3.8, 4) is 11.5 Å². The molecule has 1 aromatic rings. The van der Waals surface area contributed by atoms with E-state index in [0.717, 1.165) is 18.5 Å². The van der Waals surface area contributed by atoms with E-state index in [4.69, 9.17) is 25.8 Å². The van der Waals surface area contributed by atoms with Crippen molar-refractivity contribution in [2.75, 3.05) is 20.8 Å². The molecule has 1 aromatic carbocycles. The van der Waals surface area contributed by atoms with Crippen molar-refractivity contribution in [1.82, 2.24) is 5.32 Å². The zero-order valence-corrected chi connectivity index (χ0v) is 14.3. The maximum atomic E-state index is 6.34. The molecule has 0 saturated heterocycles. The van der Waals surface area contributed by atoms with Gasteiger partial charge in [-0.3, -0.25) is 0 Å². The molecule has 0 radical (unpaired) electrons. The molecule has 5 heteroatoms. The Balaban J connectivity index is 2.84. The van der Waals surface area contributed by atoms with Gasteiger partial charge in [-0.05, 0) is 24.6 Å². The SMILES string of the molecule is COCCC(C)Oc1c(Cl)cc(CNC(C)C)cc1OC. The van der Waals surface area contributed by atoms with Crippen LogP contribution in [0.4, 0.5) is 0 Å². The molecule has 1 rings (SSSR count). The summed E-state index contributed by atoms with van der Waals surface area (Å²) >= 11 is 6.34. The van der Waals surface area contributed by atoms with Crippen LogP contribution in [0.25, 0.3) is 0 Å². The lowest BCUT2D eigenvalue weighted by Crippen LogP contribution is -2.22. The minimum Gasteiger partial charge on any atom is -0.493 e. The van der Waals surface area contributed by atoms with Crippen LogP contribution in [-0.2, 0) is 11.3 Å². The fourth-order valence-corrected chi connectivity index (χ4v) is 2.13. The largest absolute Gasteiger partial charge is 0.493 e. The van der Waals surface area contributed by atoms with E-state index < -0.39 is 0 Å². The van der Waals surface area contributed by atoms with Crippen LogP contribution in [-0.4, -0.2) is 33.0 Å². The van der Waals surface area contributed by atoms with Crippen molar-refractivity contribution in [3.05, 3.63) is 22.7 Å². The first-order valence-electron chi connectivity index (χ1n) is 7.23. The van der Waals surface area contributed by atoms with Crippen LogP contribution in [0.3, 0.4) is 0 Å². The van der Waals surface area contributed by atoms with Gasteiger partial charge < -0.3 is 19.5 Å². The van der Waals surface area contributed by atoms with E-state index in [1.54, 1.807) is 14.2 Å². The van der Waals surface area contributed by atoms with Crippen molar-refractivity contribution in [2.24, 2.45) is 0 Å². The summed E-state index contributed by atoms with van der Waals surface area (Å²) in [4.78, 5) is 0. The summed E-state index contributed by atoms with van der Waals surface area (Å²) in [6.07, 6.45) is 0.808. The van der Waals surface area contributed by atoms with Gasteiger partial charge >= 0.3 is 0 Å². The number of halogens is 1. The van der Waals surface area contributed by atoms with Gasteiger partial charge in [0.1, 0.15) is 0 Å². The van der Waals surface area contributed by atoms with Gasteiger partial charge in [-0.25, -0.2) is 0 Å². The van der Waals surface area contributed by atoms with Crippen LogP contribution in [0.15, 0.2) is 12.1 Å². The third-order valence-corrected chi connectivity index (χ3v) is 3.33. The minimum absolute atomic E-state index is 0.0102. The molecule has 0 saturated carbocycles. The van der Waals surface area contributed by atoms with Crippen LogP contribution in [0, 0.1) is 0 Å². The Morgan fingerprint density at radius 1 is 1.19 bits per heavy atom. The number of hydrogen-bond acceptors (Lipinski definition) is 4. The van der Waals surface area contributed by atoms with Crippen LogP contribution < -0.4 is 14.8 Å². The number of ether oxygens (including phenoxy) is 3. The molecule has 1 N–H and O–H groups in total.